The van der Waals surface area contributed by atoms with Crippen molar-refractivity contribution < 1.29 is 0 Å². The van der Waals surface area contributed by atoms with Crippen molar-refractivity contribution in [1.29, 1.82) is 0 Å². The summed E-state index contributed by atoms with van der Waals surface area (Å²) in [5, 5.41) is 15.0. The Balaban J connectivity index is 1.74. The summed E-state index contributed by atoms with van der Waals surface area (Å²) in [5.74, 6) is 1.14. The SMILES string of the molecule is c1ccc(Nc2nnc(Nc3ccccc3)c3nccnc23)cc1. The fourth-order valence-corrected chi connectivity index (χ4v) is 2.36. The number of hydrogen-bond donors (Lipinski definition) is 2. The second-order valence-electron chi connectivity index (χ2n) is 5.13. The van der Waals surface area contributed by atoms with Crippen molar-refractivity contribution >= 4 is 34.0 Å². The second-order valence-corrected chi connectivity index (χ2v) is 5.13. The summed E-state index contributed by atoms with van der Waals surface area (Å²) in [5.41, 5.74) is 3.16. The number of nitrogens with zero attached hydrogens (tertiary/aromatic N) is 4. The summed E-state index contributed by atoms with van der Waals surface area (Å²) in [6.07, 6.45) is 3.29. The maximum absolute atomic E-state index is 4.41. The van der Waals surface area contributed by atoms with Crippen LogP contribution >= 0.6 is 0 Å². The van der Waals surface area contributed by atoms with E-state index < -0.39 is 0 Å². The van der Waals surface area contributed by atoms with Crippen LogP contribution in [0.25, 0.3) is 11.0 Å². The molecule has 0 amide bonds. The van der Waals surface area contributed by atoms with Gasteiger partial charge in [-0.1, -0.05) is 36.4 Å². The Hall–Kier alpha value is -3.54. The highest BCUT2D eigenvalue weighted by atomic mass is 15.2. The van der Waals surface area contributed by atoms with Crippen molar-refractivity contribution in [3.8, 4) is 0 Å². The average molecular weight is 314 g/mol. The molecule has 4 aromatic rings. The summed E-state index contributed by atoms with van der Waals surface area (Å²) in [4.78, 5) is 8.82. The Morgan fingerprint density at radius 3 is 1.38 bits per heavy atom. The van der Waals surface area contributed by atoms with E-state index in [9.17, 15) is 0 Å². The molecule has 0 saturated heterocycles. The van der Waals surface area contributed by atoms with Gasteiger partial charge in [0.15, 0.2) is 11.6 Å². The van der Waals surface area contributed by atoms with Crippen LogP contribution in [0.5, 0.6) is 0 Å². The number of benzene rings is 2. The average Bonchev–Trinajstić information content (AvgIpc) is 2.65. The number of anilines is 4. The molecule has 0 aliphatic carbocycles. The molecule has 6 nitrogen and oxygen atoms in total. The lowest BCUT2D eigenvalue weighted by atomic mass is 10.3. The van der Waals surface area contributed by atoms with Gasteiger partial charge in [0, 0.05) is 23.8 Å². The van der Waals surface area contributed by atoms with Gasteiger partial charge in [0.1, 0.15) is 11.0 Å². The molecule has 0 aliphatic heterocycles. The molecule has 2 N–H and O–H groups in total. The molecule has 2 aromatic carbocycles. The van der Waals surface area contributed by atoms with Crippen LogP contribution < -0.4 is 10.6 Å². The lowest BCUT2D eigenvalue weighted by molar-refractivity contribution is 1.04. The van der Waals surface area contributed by atoms with Gasteiger partial charge in [-0.15, -0.1) is 10.2 Å². The Morgan fingerprint density at radius 2 is 0.958 bits per heavy atom. The minimum Gasteiger partial charge on any atom is -0.337 e. The van der Waals surface area contributed by atoms with Gasteiger partial charge in [-0.3, -0.25) is 0 Å². The Morgan fingerprint density at radius 1 is 0.542 bits per heavy atom. The highest BCUT2D eigenvalue weighted by Gasteiger charge is 2.12. The van der Waals surface area contributed by atoms with E-state index in [0.717, 1.165) is 11.4 Å². The van der Waals surface area contributed by atoms with Gasteiger partial charge >= 0.3 is 0 Å². The van der Waals surface area contributed by atoms with Crippen molar-refractivity contribution in [2.45, 2.75) is 0 Å². The van der Waals surface area contributed by atoms with Crippen LogP contribution in [-0.4, -0.2) is 20.2 Å². The summed E-state index contributed by atoms with van der Waals surface area (Å²) < 4.78 is 0. The number of fused-ring (bicyclic) bond motifs is 1. The van der Waals surface area contributed by atoms with E-state index in [-0.39, 0.29) is 0 Å². The summed E-state index contributed by atoms with van der Waals surface area (Å²) in [7, 11) is 0. The van der Waals surface area contributed by atoms with Gasteiger partial charge in [0.25, 0.3) is 0 Å². The fraction of sp³-hybridized carbons (Fsp3) is 0. The molecule has 0 atom stereocenters. The summed E-state index contributed by atoms with van der Waals surface area (Å²) in [6, 6.07) is 19.6. The van der Waals surface area contributed by atoms with Crippen molar-refractivity contribution in [3.05, 3.63) is 73.1 Å². The maximum atomic E-state index is 4.41. The minimum atomic E-state index is 0.572. The molecule has 4 rings (SSSR count). The first-order chi connectivity index (χ1) is 11.9. The van der Waals surface area contributed by atoms with Crippen LogP contribution in [0.3, 0.4) is 0 Å². The van der Waals surface area contributed by atoms with Gasteiger partial charge in [0.2, 0.25) is 0 Å². The molecule has 24 heavy (non-hydrogen) atoms. The first-order valence-corrected chi connectivity index (χ1v) is 7.52. The van der Waals surface area contributed by atoms with Crippen LogP contribution in [0.4, 0.5) is 23.0 Å². The number of nitrogens with one attached hydrogen (secondary N) is 2. The molecule has 116 valence electrons. The van der Waals surface area contributed by atoms with Crippen LogP contribution in [0, 0.1) is 0 Å². The van der Waals surface area contributed by atoms with E-state index in [1.54, 1.807) is 12.4 Å². The highest BCUT2D eigenvalue weighted by molar-refractivity contribution is 5.94. The Kier molecular flexibility index (Phi) is 3.69. The zero-order chi connectivity index (χ0) is 16.2. The topological polar surface area (TPSA) is 75.6 Å². The largest absolute Gasteiger partial charge is 0.337 e. The molecule has 0 saturated carbocycles. The molecule has 0 unspecified atom stereocenters. The van der Waals surface area contributed by atoms with Crippen molar-refractivity contribution in [2.75, 3.05) is 10.6 Å². The van der Waals surface area contributed by atoms with Crippen molar-refractivity contribution in [2.24, 2.45) is 0 Å². The van der Waals surface area contributed by atoms with E-state index in [1.165, 1.54) is 0 Å². The van der Waals surface area contributed by atoms with Gasteiger partial charge < -0.3 is 10.6 Å². The monoisotopic (exact) mass is 314 g/mol. The highest BCUT2D eigenvalue weighted by Crippen LogP contribution is 2.26. The maximum Gasteiger partial charge on any atom is 0.181 e. The third-order valence-corrected chi connectivity index (χ3v) is 3.47. The van der Waals surface area contributed by atoms with Gasteiger partial charge in [-0.2, -0.15) is 0 Å². The fourth-order valence-electron chi connectivity index (χ4n) is 2.36. The molecule has 0 spiro atoms. The van der Waals surface area contributed by atoms with E-state index in [1.807, 2.05) is 60.7 Å². The van der Waals surface area contributed by atoms with Crippen molar-refractivity contribution in [3.63, 3.8) is 0 Å². The number of rotatable bonds is 4. The van der Waals surface area contributed by atoms with Crippen LogP contribution in [0.2, 0.25) is 0 Å². The van der Waals surface area contributed by atoms with Gasteiger partial charge in [-0.25, -0.2) is 9.97 Å². The Labute approximate surface area is 138 Å². The first kappa shape index (κ1) is 14.1. The molecule has 2 heterocycles. The van der Waals surface area contributed by atoms with E-state index in [0.29, 0.717) is 22.7 Å². The lowest BCUT2D eigenvalue weighted by Gasteiger charge is -2.10. The molecule has 0 fully saturated rings. The minimum absolute atomic E-state index is 0.572. The molecule has 6 heteroatoms. The first-order valence-electron chi connectivity index (χ1n) is 7.52. The van der Waals surface area contributed by atoms with E-state index >= 15 is 0 Å². The predicted octanol–water partition coefficient (Wildman–Crippen LogP) is 3.91. The lowest BCUT2D eigenvalue weighted by Crippen LogP contribution is -2.03. The third kappa shape index (κ3) is 2.85. The number of hydrogen-bond acceptors (Lipinski definition) is 6. The van der Waals surface area contributed by atoms with Crippen LogP contribution in [0.1, 0.15) is 0 Å². The predicted molar refractivity (Wildman–Crippen MR) is 94.6 cm³/mol. The molecule has 0 bridgehead atoms. The molecule has 0 radical (unpaired) electrons. The van der Waals surface area contributed by atoms with Crippen LogP contribution in [-0.2, 0) is 0 Å². The van der Waals surface area contributed by atoms with E-state index in [4.69, 9.17) is 0 Å². The Bertz CT molecular complexity index is 877. The standard InChI is InChI=1S/C18H14N6/c1-3-7-13(8-4-1)21-17-15-16(20-12-11-19-15)18(24-23-17)22-14-9-5-2-6-10-14/h1-12H,(H,21,23)(H,22,24). The van der Waals surface area contributed by atoms with Crippen LogP contribution in [0.15, 0.2) is 73.1 Å². The molecule has 0 aliphatic rings. The van der Waals surface area contributed by atoms with E-state index in [2.05, 4.69) is 30.8 Å². The zero-order valence-corrected chi connectivity index (χ0v) is 12.7. The smallest absolute Gasteiger partial charge is 0.181 e. The molecule has 2 aromatic heterocycles. The molecular weight excluding hydrogens is 300 g/mol. The van der Waals surface area contributed by atoms with Gasteiger partial charge in [-0.05, 0) is 24.3 Å². The summed E-state index contributed by atoms with van der Waals surface area (Å²) >= 11 is 0. The second kappa shape index (κ2) is 6.29. The number of para-hydroxylation sites is 2. The van der Waals surface area contributed by atoms with Crippen molar-refractivity contribution in [1.82, 2.24) is 20.2 Å². The summed E-state index contributed by atoms with van der Waals surface area (Å²) in [6.45, 7) is 0. The quantitative estimate of drug-likeness (QED) is 0.595. The number of aromatic nitrogens is 4. The molecular formula is C18H14N6. The third-order valence-electron chi connectivity index (χ3n) is 3.47. The normalized spacial score (nSPS) is 10.5. The van der Waals surface area contributed by atoms with Gasteiger partial charge in [0.05, 0.1) is 0 Å². The zero-order valence-electron chi connectivity index (χ0n) is 12.7.